The lowest BCUT2D eigenvalue weighted by Gasteiger charge is -2.21. The summed E-state index contributed by atoms with van der Waals surface area (Å²) >= 11 is 0. The van der Waals surface area contributed by atoms with Crippen LogP contribution in [0, 0.1) is 6.92 Å². The van der Waals surface area contributed by atoms with Gasteiger partial charge in [0, 0.05) is 31.4 Å². The van der Waals surface area contributed by atoms with Crippen LogP contribution in [0.15, 0.2) is 54.6 Å². The van der Waals surface area contributed by atoms with Gasteiger partial charge in [0.25, 0.3) is 0 Å². The molecule has 0 aliphatic heterocycles. The van der Waals surface area contributed by atoms with E-state index in [4.69, 9.17) is 9.97 Å². The molecule has 4 N–H and O–H groups in total. The third-order valence-corrected chi connectivity index (χ3v) is 5.94. The third-order valence-electron chi connectivity index (χ3n) is 5.94. The van der Waals surface area contributed by atoms with Crippen molar-refractivity contribution >= 4 is 29.4 Å². The third kappa shape index (κ3) is 6.37. The molecule has 0 spiro atoms. The predicted octanol–water partition coefficient (Wildman–Crippen LogP) is 5.06. The number of H-pyrrole nitrogens is 1. The molecule has 0 atom stereocenters. The van der Waals surface area contributed by atoms with E-state index in [1.807, 2.05) is 43.4 Å². The summed E-state index contributed by atoms with van der Waals surface area (Å²) in [5, 5.41) is 17.3. The molecule has 0 saturated carbocycles. The van der Waals surface area contributed by atoms with Crippen molar-refractivity contribution in [2.45, 2.75) is 33.6 Å². The quantitative estimate of drug-likeness (QED) is 0.221. The van der Waals surface area contributed by atoms with E-state index in [-0.39, 0.29) is 0 Å². The summed E-state index contributed by atoms with van der Waals surface area (Å²) in [5.74, 6) is 2.14. The molecule has 9 heteroatoms. The van der Waals surface area contributed by atoms with Gasteiger partial charge in [0.1, 0.15) is 0 Å². The lowest BCUT2D eigenvalue weighted by atomic mass is 10.0. The van der Waals surface area contributed by atoms with Crippen molar-refractivity contribution in [3.05, 3.63) is 65.7 Å². The van der Waals surface area contributed by atoms with Crippen LogP contribution in [0.1, 0.15) is 31.4 Å². The fraction of sp³-hybridized carbons (Fsp3) is 0.333. The first kappa shape index (κ1) is 25.1. The Morgan fingerprint density at radius 3 is 2.39 bits per heavy atom. The van der Waals surface area contributed by atoms with Gasteiger partial charge in [-0.25, -0.2) is 0 Å². The van der Waals surface area contributed by atoms with E-state index in [0.29, 0.717) is 23.7 Å². The lowest BCUT2D eigenvalue weighted by molar-refractivity contribution is 0.718. The summed E-state index contributed by atoms with van der Waals surface area (Å²) < 4.78 is 0. The van der Waals surface area contributed by atoms with Crippen LogP contribution in [-0.2, 0) is 6.42 Å². The Morgan fingerprint density at radius 2 is 1.69 bits per heavy atom. The second kappa shape index (κ2) is 12.1. The minimum absolute atomic E-state index is 0.427. The first-order valence-corrected chi connectivity index (χ1v) is 12.5. The standard InChI is InChI=1S/C27H35N9/c1-5-10-20-13-14-22(17-19(20)3)29-25-31-26(33-27(32-25)36(6-2)16-15-28-4)30-24-18-23(34-35-24)21-11-8-7-9-12-21/h7-9,11-14,17-18,28H,5-6,10,15-16H2,1-4H3,(H3,29,30,31,32,33,34,35). The lowest BCUT2D eigenvalue weighted by Crippen LogP contribution is -2.32. The maximum Gasteiger partial charge on any atom is 0.235 e. The van der Waals surface area contributed by atoms with Crippen molar-refractivity contribution < 1.29 is 0 Å². The highest BCUT2D eigenvalue weighted by molar-refractivity contribution is 5.65. The van der Waals surface area contributed by atoms with Crippen molar-refractivity contribution in [1.82, 2.24) is 30.5 Å². The Kier molecular flexibility index (Phi) is 8.46. The molecular formula is C27H35N9. The van der Waals surface area contributed by atoms with E-state index in [1.165, 1.54) is 11.1 Å². The zero-order chi connectivity index (χ0) is 25.3. The second-order valence-corrected chi connectivity index (χ2v) is 8.64. The highest BCUT2D eigenvalue weighted by atomic mass is 15.3. The highest BCUT2D eigenvalue weighted by Crippen LogP contribution is 2.24. The molecule has 0 unspecified atom stereocenters. The maximum atomic E-state index is 4.73. The van der Waals surface area contributed by atoms with Crippen molar-refractivity contribution in [3.63, 3.8) is 0 Å². The molecule has 4 rings (SSSR count). The minimum atomic E-state index is 0.427. The van der Waals surface area contributed by atoms with E-state index in [2.05, 4.69) is 75.0 Å². The number of nitrogens with zero attached hydrogens (tertiary/aromatic N) is 5. The van der Waals surface area contributed by atoms with Crippen LogP contribution in [-0.4, -0.2) is 51.8 Å². The van der Waals surface area contributed by atoms with E-state index < -0.39 is 0 Å². The highest BCUT2D eigenvalue weighted by Gasteiger charge is 2.14. The van der Waals surface area contributed by atoms with Crippen LogP contribution in [0.2, 0.25) is 0 Å². The van der Waals surface area contributed by atoms with Gasteiger partial charge in [-0.2, -0.15) is 20.1 Å². The molecular weight excluding hydrogens is 450 g/mol. The predicted molar refractivity (Wildman–Crippen MR) is 147 cm³/mol. The fourth-order valence-corrected chi connectivity index (χ4v) is 3.98. The number of likely N-dealkylation sites (N-methyl/N-ethyl adjacent to an activating group) is 2. The van der Waals surface area contributed by atoms with Gasteiger partial charge in [0.15, 0.2) is 5.82 Å². The number of nitrogens with one attached hydrogen (secondary N) is 4. The molecule has 0 radical (unpaired) electrons. The Bertz CT molecular complexity index is 1250. The summed E-state index contributed by atoms with van der Waals surface area (Å²) in [6.45, 7) is 8.80. The zero-order valence-electron chi connectivity index (χ0n) is 21.5. The Morgan fingerprint density at radius 1 is 0.917 bits per heavy atom. The average Bonchev–Trinajstić information content (AvgIpc) is 3.35. The molecule has 2 aromatic carbocycles. The van der Waals surface area contributed by atoms with Gasteiger partial charge in [-0.15, -0.1) is 0 Å². The number of rotatable bonds is 12. The van der Waals surface area contributed by atoms with Gasteiger partial charge < -0.3 is 20.9 Å². The number of aryl methyl sites for hydroxylation is 2. The van der Waals surface area contributed by atoms with Gasteiger partial charge in [-0.1, -0.05) is 49.7 Å². The Hall–Kier alpha value is -3.98. The second-order valence-electron chi connectivity index (χ2n) is 8.64. The maximum absolute atomic E-state index is 4.73. The number of benzene rings is 2. The summed E-state index contributed by atoms with van der Waals surface area (Å²) in [5.41, 5.74) is 5.53. The monoisotopic (exact) mass is 485 g/mol. The van der Waals surface area contributed by atoms with Crippen molar-refractivity contribution in [2.75, 3.05) is 42.2 Å². The van der Waals surface area contributed by atoms with Crippen LogP contribution in [0.5, 0.6) is 0 Å². The summed E-state index contributed by atoms with van der Waals surface area (Å²) in [6, 6.07) is 18.4. The molecule has 188 valence electrons. The SMILES string of the molecule is CCCc1ccc(Nc2nc(Nc3cc(-c4ccccc4)[nH]n3)nc(N(CC)CCNC)n2)cc1C. The van der Waals surface area contributed by atoms with Crippen molar-refractivity contribution in [2.24, 2.45) is 0 Å². The molecule has 2 aromatic heterocycles. The smallest absolute Gasteiger partial charge is 0.235 e. The first-order valence-electron chi connectivity index (χ1n) is 12.5. The van der Waals surface area contributed by atoms with Gasteiger partial charge in [-0.05, 0) is 56.1 Å². The summed E-state index contributed by atoms with van der Waals surface area (Å²) in [7, 11) is 1.94. The Labute approximate surface area is 212 Å². The summed E-state index contributed by atoms with van der Waals surface area (Å²) in [6.07, 6.45) is 2.19. The molecule has 2 heterocycles. The fourth-order valence-electron chi connectivity index (χ4n) is 3.98. The van der Waals surface area contributed by atoms with E-state index >= 15 is 0 Å². The molecule has 9 nitrogen and oxygen atoms in total. The van der Waals surface area contributed by atoms with Crippen LogP contribution >= 0.6 is 0 Å². The van der Waals surface area contributed by atoms with E-state index in [0.717, 1.165) is 49.4 Å². The van der Waals surface area contributed by atoms with E-state index in [1.54, 1.807) is 0 Å². The molecule has 0 aliphatic rings. The zero-order valence-corrected chi connectivity index (χ0v) is 21.5. The van der Waals surface area contributed by atoms with Crippen LogP contribution in [0.3, 0.4) is 0 Å². The van der Waals surface area contributed by atoms with Crippen LogP contribution in [0.4, 0.5) is 29.4 Å². The molecule has 36 heavy (non-hydrogen) atoms. The van der Waals surface area contributed by atoms with Crippen molar-refractivity contribution in [1.29, 1.82) is 0 Å². The van der Waals surface area contributed by atoms with Crippen molar-refractivity contribution in [3.8, 4) is 11.3 Å². The topological polar surface area (TPSA) is 107 Å². The van der Waals surface area contributed by atoms with Crippen LogP contribution < -0.4 is 20.9 Å². The molecule has 0 bridgehead atoms. The number of aromatic nitrogens is 5. The normalized spacial score (nSPS) is 10.9. The van der Waals surface area contributed by atoms with Crippen LogP contribution in [0.25, 0.3) is 11.3 Å². The molecule has 4 aromatic rings. The molecule has 0 fully saturated rings. The number of aromatic amines is 1. The van der Waals surface area contributed by atoms with Gasteiger partial charge in [-0.3, -0.25) is 5.10 Å². The molecule has 0 saturated heterocycles. The molecule has 0 amide bonds. The van der Waals surface area contributed by atoms with Gasteiger partial charge in [0.05, 0.1) is 5.69 Å². The Balaban J connectivity index is 1.62. The molecule has 0 aliphatic carbocycles. The van der Waals surface area contributed by atoms with E-state index in [9.17, 15) is 0 Å². The summed E-state index contributed by atoms with van der Waals surface area (Å²) in [4.78, 5) is 16.2. The average molecular weight is 486 g/mol. The first-order chi connectivity index (χ1) is 17.6. The van der Waals surface area contributed by atoms with Gasteiger partial charge >= 0.3 is 0 Å². The number of hydrogen-bond acceptors (Lipinski definition) is 8. The number of hydrogen-bond donors (Lipinski definition) is 4. The largest absolute Gasteiger partial charge is 0.340 e. The van der Waals surface area contributed by atoms with Gasteiger partial charge in [0.2, 0.25) is 17.8 Å². The minimum Gasteiger partial charge on any atom is -0.340 e. The number of anilines is 5.